The lowest BCUT2D eigenvalue weighted by Crippen LogP contribution is -2.01. The Balaban J connectivity index is 2.00. The molecule has 0 fully saturated rings. The van der Waals surface area contributed by atoms with Gasteiger partial charge >= 0.3 is 5.97 Å². The highest BCUT2D eigenvalue weighted by molar-refractivity contribution is 6.07. The van der Waals surface area contributed by atoms with E-state index in [1.54, 1.807) is 31.2 Å². The third-order valence-electron chi connectivity index (χ3n) is 3.05. The quantitative estimate of drug-likeness (QED) is 0.458. The van der Waals surface area contributed by atoms with Crippen LogP contribution in [0.3, 0.4) is 0 Å². The lowest BCUT2D eigenvalue weighted by molar-refractivity contribution is -0.137. The Morgan fingerprint density at radius 3 is 2.04 bits per heavy atom. The first-order valence-electron chi connectivity index (χ1n) is 7.32. The highest BCUT2D eigenvalue weighted by atomic mass is 16.5. The molecule has 0 N–H and O–H groups in total. The smallest absolute Gasteiger partial charge is 0.330 e. The van der Waals surface area contributed by atoms with E-state index >= 15 is 0 Å². The largest absolute Gasteiger partial charge is 0.463 e. The zero-order valence-electron chi connectivity index (χ0n) is 13.1. The zero-order chi connectivity index (χ0) is 16.7. The normalized spacial score (nSPS) is 10.5. The van der Waals surface area contributed by atoms with Crippen molar-refractivity contribution >= 4 is 11.8 Å². The fourth-order valence-electron chi connectivity index (χ4n) is 1.86. The molecule has 0 radical (unpaired) electrons. The molecule has 4 heteroatoms. The van der Waals surface area contributed by atoms with Crippen molar-refractivity contribution in [3.8, 4) is 11.5 Å². The van der Waals surface area contributed by atoms with E-state index in [4.69, 9.17) is 9.47 Å². The van der Waals surface area contributed by atoms with Gasteiger partial charge in [0, 0.05) is 11.6 Å². The van der Waals surface area contributed by atoms with Crippen molar-refractivity contribution in [1.82, 2.24) is 0 Å². The molecular weight excluding hydrogens is 292 g/mol. The van der Waals surface area contributed by atoms with Gasteiger partial charge in [0.1, 0.15) is 11.5 Å². The van der Waals surface area contributed by atoms with E-state index in [0.717, 1.165) is 17.4 Å². The Labute approximate surface area is 135 Å². The minimum Gasteiger partial charge on any atom is -0.463 e. The summed E-state index contributed by atoms with van der Waals surface area (Å²) in [6.45, 7) is 4.00. The summed E-state index contributed by atoms with van der Waals surface area (Å²) in [5, 5.41) is 0. The van der Waals surface area contributed by atoms with E-state index in [2.05, 4.69) is 0 Å². The van der Waals surface area contributed by atoms with Crippen LogP contribution >= 0.6 is 0 Å². The average Bonchev–Trinajstić information content (AvgIpc) is 2.56. The molecule has 0 atom stereocenters. The Morgan fingerprint density at radius 1 is 0.913 bits per heavy atom. The van der Waals surface area contributed by atoms with Gasteiger partial charge in [-0.05, 0) is 56.3 Å². The monoisotopic (exact) mass is 310 g/mol. The van der Waals surface area contributed by atoms with E-state index in [-0.39, 0.29) is 12.4 Å². The second-order valence-electron chi connectivity index (χ2n) is 4.89. The topological polar surface area (TPSA) is 52.6 Å². The predicted molar refractivity (Wildman–Crippen MR) is 87.8 cm³/mol. The number of esters is 1. The van der Waals surface area contributed by atoms with Crippen LogP contribution in [0.25, 0.3) is 0 Å². The van der Waals surface area contributed by atoms with Gasteiger partial charge in [0.05, 0.1) is 6.61 Å². The summed E-state index contributed by atoms with van der Waals surface area (Å²) >= 11 is 0. The molecule has 0 amide bonds. The molecule has 23 heavy (non-hydrogen) atoms. The average molecular weight is 310 g/mol. The number of benzene rings is 2. The number of ether oxygens (including phenoxy) is 2. The van der Waals surface area contributed by atoms with Gasteiger partial charge in [-0.15, -0.1) is 0 Å². The Bertz CT molecular complexity index is 697. The number of ketones is 1. The molecule has 2 aromatic rings. The number of rotatable bonds is 6. The molecule has 0 saturated carbocycles. The van der Waals surface area contributed by atoms with Gasteiger partial charge in [-0.1, -0.05) is 17.7 Å². The number of hydrogen-bond acceptors (Lipinski definition) is 4. The minimum absolute atomic E-state index is 0.264. The maximum Gasteiger partial charge on any atom is 0.330 e. The number of hydrogen-bond donors (Lipinski definition) is 0. The van der Waals surface area contributed by atoms with E-state index in [0.29, 0.717) is 11.3 Å². The van der Waals surface area contributed by atoms with Crippen LogP contribution in [0.2, 0.25) is 0 Å². The summed E-state index contributed by atoms with van der Waals surface area (Å²) in [7, 11) is 0. The van der Waals surface area contributed by atoms with E-state index in [1.165, 1.54) is 6.08 Å². The molecule has 0 saturated heterocycles. The van der Waals surface area contributed by atoms with Crippen molar-refractivity contribution in [3.05, 3.63) is 71.8 Å². The maximum absolute atomic E-state index is 11.9. The Kier molecular flexibility index (Phi) is 5.69. The highest BCUT2D eigenvalue weighted by Crippen LogP contribution is 2.22. The molecule has 118 valence electrons. The van der Waals surface area contributed by atoms with E-state index < -0.39 is 5.97 Å². The van der Waals surface area contributed by atoms with Crippen molar-refractivity contribution in [2.75, 3.05) is 6.61 Å². The van der Waals surface area contributed by atoms with Crippen molar-refractivity contribution in [1.29, 1.82) is 0 Å². The molecule has 0 unspecified atom stereocenters. The van der Waals surface area contributed by atoms with Gasteiger partial charge in [0.25, 0.3) is 0 Å². The lowest BCUT2D eigenvalue weighted by atomic mass is 10.1. The van der Waals surface area contributed by atoms with Crippen molar-refractivity contribution < 1.29 is 19.1 Å². The van der Waals surface area contributed by atoms with Crippen molar-refractivity contribution in [2.24, 2.45) is 0 Å². The minimum atomic E-state index is -0.528. The molecule has 2 aromatic carbocycles. The van der Waals surface area contributed by atoms with Crippen LogP contribution in [-0.4, -0.2) is 18.4 Å². The van der Waals surface area contributed by atoms with Crippen LogP contribution in [0.1, 0.15) is 22.8 Å². The molecule has 0 aromatic heterocycles. The number of allylic oxidation sites excluding steroid dienone is 1. The molecule has 0 spiro atoms. The number of aryl methyl sites for hydroxylation is 1. The zero-order valence-corrected chi connectivity index (χ0v) is 13.1. The van der Waals surface area contributed by atoms with Crippen LogP contribution in [0.15, 0.2) is 60.7 Å². The van der Waals surface area contributed by atoms with Gasteiger partial charge in [-0.3, -0.25) is 4.79 Å². The van der Waals surface area contributed by atoms with Gasteiger partial charge in [-0.2, -0.15) is 0 Å². The van der Waals surface area contributed by atoms with E-state index in [9.17, 15) is 9.59 Å². The fraction of sp³-hybridized carbons (Fsp3) is 0.158. The standard InChI is InChI=1S/C19H18O4/c1-3-22-19(21)13-12-18(20)15-6-10-17(11-7-15)23-16-8-4-14(2)5-9-16/h4-13H,3H2,1-2H3. The summed E-state index contributed by atoms with van der Waals surface area (Å²) in [5.74, 6) is 0.580. The van der Waals surface area contributed by atoms with Gasteiger partial charge < -0.3 is 9.47 Å². The fourth-order valence-corrected chi connectivity index (χ4v) is 1.86. The molecule has 0 aliphatic carbocycles. The SMILES string of the molecule is CCOC(=O)C=CC(=O)c1ccc(Oc2ccc(C)cc2)cc1. The van der Waals surface area contributed by atoms with Gasteiger partial charge in [-0.25, -0.2) is 4.79 Å². The van der Waals surface area contributed by atoms with Crippen molar-refractivity contribution in [3.63, 3.8) is 0 Å². The Morgan fingerprint density at radius 2 is 1.48 bits per heavy atom. The first-order valence-corrected chi connectivity index (χ1v) is 7.32. The van der Waals surface area contributed by atoms with Crippen LogP contribution in [-0.2, 0) is 9.53 Å². The summed E-state index contributed by atoms with van der Waals surface area (Å²) in [6, 6.07) is 14.4. The predicted octanol–water partition coefficient (Wildman–Crippen LogP) is 4.09. The molecular formula is C19H18O4. The number of carbonyl (C=O) groups is 2. The summed E-state index contributed by atoms with van der Waals surface area (Å²) in [4.78, 5) is 23.1. The summed E-state index contributed by atoms with van der Waals surface area (Å²) < 4.78 is 10.4. The third kappa shape index (κ3) is 5.11. The first kappa shape index (κ1) is 16.5. The van der Waals surface area contributed by atoms with Crippen molar-refractivity contribution in [2.45, 2.75) is 13.8 Å². The number of carbonyl (C=O) groups excluding carboxylic acids is 2. The second kappa shape index (κ2) is 7.94. The highest BCUT2D eigenvalue weighted by Gasteiger charge is 2.04. The van der Waals surface area contributed by atoms with Gasteiger partial charge in [0.2, 0.25) is 0 Å². The molecule has 2 rings (SSSR count). The molecule has 0 aliphatic heterocycles. The molecule has 0 heterocycles. The van der Waals surface area contributed by atoms with Crippen LogP contribution in [0.5, 0.6) is 11.5 Å². The first-order chi connectivity index (χ1) is 11.1. The van der Waals surface area contributed by atoms with Gasteiger partial charge in [0.15, 0.2) is 5.78 Å². The third-order valence-corrected chi connectivity index (χ3v) is 3.05. The van der Waals surface area contributed by atoms with Crippen LogP contribution in [0.4, 0.5) is 0 Å². The van der Waals surface area contributed by atoms with Crippen LogP contribution in [0, 0.1) is 6.92 Å². The maximum atomic E-state index is 11.9. The molecule has 4 nitrogen and oxygen atoms in total. The lowest BCUT2D eigenvalue weighted by Gasteiger charge is -2.06. The molecule has 0 aliphatic rings. The van der Waals surface area contributed by atoms with E-state index in [1.807, 2.05) is 31.2 Å². The molecule has 0 bridgehead atoms. The Hall–Kier alpha value is -2.88. The summed E-state index contributed by atoms with van der Waals surface area (Å²) in [6.07, 6.45) is 2.33. The van der Waals surface area contributed by atoms with Crippen LogP contribution < -0.4 is 4.74 Å². The summed E-state index contributed by atoms with van der Waals surface area (Å²) in [5.41, 5.74) is 1.63. The second-order valence-corrected chi connectivity index (χ2v) is 4.89.